The van der Waals surface area contributed by atoms with Gasteiger partial charge in [0, 0.05) is 18.9 Å². The Morgan fingerprint density at radius 2 is 0.968 bits per heavy atom. The zero-order valence-electron chi connectivity index (χ0n) is 33.0. The average Bonchev–Trinajstić information content (AvgIpc) is 3.23. The molecular formula is C35H47N21O7. The molecule has 2 aromatic carbocycles. The molecule has 6 unspecified atom stereocenters. The molecule has 6 amide bonds. The van der Waals surface area contributed by atoms with E-state index in [2.05, 4.69) is 47.2 Å². The van der Waals surface area contributed by atoms with Crippen LogP contribution in [0.3, 0.4) is 0 Å². The lowest BCUT2D eigenvalue weighted by Crippen LogP contribution is -2.68. The van der Waals surface area contributed by atoms with Crippen LogP contribution >= 0.6 is 0 Å². The summed E-state index contributed by atoms with van der Waals surface area (Å²) < 4.78 is 0. The molecule has 63 heavy (non-hydrogen) atoms. The van der Waals surface area contributed by atoms with Gasteiger partial charge in [-0.25, -0.2) is 9.97 Å². The van der Waals surface area contributed by atoms with Gasteiger partial charge in [-0.1, -0.05) is 72.8 Å². The Kier molecular flexibility index (Phi) is 18.0. The Hall–Kier alpha value is -9.08. The molecule has 0 aliphatic carbocycles. The second-order valence-electron chi connectivity index (χ2n) is 12.6. The first kappa shape index (κ1) is 48.3. The Morgan fingerprint density at radius 1 is 0.556 bits per heavy atom. The number of nitrogens with one attached hydrogen (secondary N) is 13. The first-order valence-electron chi connectivity index (χ1n) is 18.1. The van der Waals surface area contributed by atoms with Gasteiger partial charge in [-0.3, -0.25) is 50.4 Å². The minimum absolute atomic E-state index is 0.0393. The zero-order valence-corrected chi connectivity index (χ0v) is 33.0. The first-order chi connectivity index (χ1) is 29.9. The van der Waals surface area contributed by atoms with Crippen molar-refractivity contribution in [3.8, 4) is 0 Å². The van der Waals surface area contributed by atoms with Crippen LogP contribution in [0.5, 0.6) is 0 Å². The third-order valence-corrected chi connectivity index (χ3v) is 7.85. The SMILES string of the molecule is N=C(N)NC(NC(=O)C(NC(=N)N)NC(=O)C(NC(=N)N)NC(=O)C(NC(=N)N)NC(=O)C(NC(=O)C(O)N(C/C=C\c1ccccc1)c1ncccn1)c1ccccc1)C(N)=O. The number of nitrogens with two attached hydrogens (primary N) is 5. The van der Waals surface area contributed by atoms with Gasteiger partial charge < -0.3 is 86.5 Å². The number of aliphatic hydroxyl groups excluding tert-OH is 1. The Bertz CT molecular complexity index is 2160. The van der Waals surface area contributed by atoms with Crippen molar-refractivity contribution < 1.29 is 33.9 Å². The average molecular weight is 874 g/mol. The number of rotatable bonds is 21. The highest BCUT2D eigenvalue weighted by Gasteiger charge is 2.35. The van der Waals surface area contributed by atoms with E-state index in [1.54, 1.807) is 18.2 Å². The molecule has 6 atom stereocenters. The fourth-order valence-corrected chi connectivity index (χ4v) is 5.11. The third kappa shape index (κ3) is 15.9. The number of benzene rings is 2. The third-order valence-electron chi connectivity index (χ3n) is 7.85. The normalized spacial score (nSPS) is 13.4. The van der Waals surface area contributed by atoms with Crippen molar-refractivity contribution in [3.05, 3.63) is 96.3 Å². The maximum Gasteiger partial charge on any atom is 0.271 e. The molecule has 3 rings (SSSR count). The van der Waals surface area contributed by atoms with Crippen LogP contribution in [-0.4, -0.2) is 112 Å². The van der Waals surface area contributed by atoms with Gasteiger partial charge in [-0.2, -0.15) is 0 Å². The highest BCUT2D eigenvalue weighted by Crippen LogP contribution is 2.16. The second kappa shape index (κ2) is 23.5. The van der Waals surface area contributed by atoms with Gasteiger partial charge >= 0.3 is 0 Å². The number of aliphatic hydroxyl groups is 1. The van der Waals surface area contributed by atoms with E-state index in [1.807, 2.05) is 41.0 Å². The summed E-state index contributed by atoms with van der Waals surface area (Å²) in [5, 5.41) is 60.9. The monoisotopic (exact) mass is 873 g/mol. The molecule has 0 radical (unpaired) electrons. The predicted molar refractivity (Wildman–Crippen MR) is 225 cm³/mol. The summed E-state index contributed by atoms with van der Waals surface area (Å²) in [6.07, 6.45) is -3.70. The van der Waals surface area contributed by atoms with Crippen LogP contribution in [-0.2, 0) is 28.8 Å². The van der Waals surface area contributed by atoms with Crippen molar-refractivity contribution in [1.82, 2.24) is 57.8 Å². The quantitative estimate of drug-likeness (QED) is 0.0269. The van der Waals surface area contributed by atoms with E-state index >= 15 is 0 Å². The summed E-state index contributed by atoms with van der Waals surface area (Å²) in [5.74, 6) is -10.9. The van der Waals surface area contributed by atoms with Crippen molar-refractivity contribution in [2.24, 2.45) is 28.7 Å². The number of hydrogen-bond acceptors (Lipinski definition) is 14. The number of amides is 6. The van der Waals surface area contributed by atoms with Crippen LogP contribution in [0, 0.1) is 21.6 Å². The molecule has 0 saturated carbocycles. The summed E-state index contributed by atoms with van der Waals surface area (Å²) >= 11 is 0. The van der Waals surface area contributed by atoms with E-state index in [9.17, 15) is 33.9 Å². The van der Waals surface area contributed by atoms with Gasteiger partial charge in [0.1, 0.15) is 6.04 Å². The molecule has 3 aromatic rings. The number of nitrogens with zero attached hydrogens (tertiary/aromatic N) is 3. The number of aromatic nitrogens is 2. The van der Waals surface area contributed by atoms with Crippen LogP contribution in [0.1, 0.15) is 17.2 Å². The number of guanidine groups is 4. The van der Waals surface area contributed by atoms with E-state index in [0.29, 0.717) is 0 Å². The molecule has 1 heterocycles. The zero-order chi connectivity index (χ0) is 46.6. The molecule has 28 heteroatoms. The van der Waals surface area contributed by atoms with Crippen molar-refractivity contribution in [1.29, 1.82) is 21.6 Å². The van der Waals surface area contributed by atoms with Gasteiger partial charge in [0.05, 0.1) is 0 Å². The topological polar surface area (TPSA) is 485 Å². The van der Waals surface area contributed by atoms with Crippen molar-refractivity contribution >= 4 is 71.3 Å². The lowest BCUT2D eigenvalue weighted by molar-refractivity contribution is -0.136. The summed E-state index contributed by atoms with van der Waals surface area (Å²) in [7, 11) is 0. The van der Waals surface area contributed by atoms with Crippen molar-refractivity contribution in [2.75, 3.05) is 11.4 Å². The molecule has 0 aliphatic rings. The van der Waals surface area contributed by atoms with Crippen molar-refractivity contribution in [2.45, 2.75) is 36.9 Å². The van der Waals surface area contributed by atoms with E-state index in [4.69, 9.17) is 50.3 Å². The van der Waals surface area contributed by atoms with Gasteiger partial charge in [-0.05, 0) is 17.2 Å². The summed E-state index contributed by atoms with van der Waals surface area (Å²) in [5.41, 5.74) is 27.7. The summed E-state index contributed by atoms with van der Waals surface area (Å²) in [6.45, 7) is -0.0787. The minimum Gasteiger partial charge on any atom is -0.370 e. The smallest absolute Gasteiger partial charge is 0.271 e. The van der Waals surface area contributed by atoms with Crippen LogP contribution in [0.25, 0.3) is 6.08 Å². The van der Waals surface area contributed by atoms with E-state index in [1.165, 1.54) is 42.7 Å². The van der Waals surface area contributed by atoms with Crippen LogP contribution in [0.4, 0.5) is 5.95 Å². The number of carbonyl (C=O) groups is 6. The van der Waals surface area contributed by atoms with Crippen LogP contribution < -0.4 is 81.4 Å². The number of anilines is 1. The molecule has 0 fully saturated rings. The predicted octanol–water partition coefficient (Wildman–Crippen LogP) is -6.64. The molecule has 334 valence electrons. The molecule has 0 saturated heterocycles. The maximum absolute atomic E-state index is 14.0. The fourth-order valence-electron chi connectivity index (χ4n) is 5.11. The molecule has 0 aliphatic heterocycles. The minimum atomic E-state index is -2.07. The Balaban J connectivity index is 1.88. The highest BCUT2D eigenvalue weighted by atomic mass is 16.3. The number of primary amides is 1. The maximum atomic E-state index is 14.0. The van der Waals surface area contributed by atoms with Gasteiger partial charge in [0.25, 0.3) is 29.5 Å². The van der Waals surface area contributed by atoms with Crippen LogP contribution in [0.2, 0.25) is 0 Å². The Morgan fingerprint density at radius 3 is 1.41 bits per heavy atom. The fraction of sp³-hybridized carbons (Fsp3) is 0.200. The Labute approximate surface area is 357 Å². The standard InChI is InChI=1S/C35H47N21O7/c36-20(57)21(52-31(37)38)48-26(59)23(54-33(41)42)50-28(61)24(55-34(43)44)51-27(60)22(53-32(39)40)49-25(58)19(18-12-5-2-6-13-18)47-29(62)30(63)56(35-45-14-8-15-46-35)16-7-11-17-9-3-1-4-10-17/h1-15,19,21-24,30,63H,16H2,(H2,36,57)(H,47,62)(H,48,59)(H,49,58)(H,50,61)(H,51,60)(H4,37,38,52)(H4,39,40,53)(H4,41,42,54)(H4,43,44,55)/b11-7-. The van der Waals surface area contributed by atoms with Gasteiger partial charge in [-0.15, -0.1) is 0 Å². The molecule has 28 nitrogen and oxygen atoms in total. The number of carbonyl (C=O) groups excluding carboxylic acids is 6. The lowest BCUT2D eigenvalue weighted by Gasteiger charge is -2.29. The van der Waals surface area contributed by atoms with Crippen LogP contribution in [0.15, 0.2) is 85.2 Å². The lowest BCUT2D eigenvalue weighted by atomic mass is 10.1. The summed E-state index contributed by atoms with van der Waals surface area (Å²) in [6, 6.07) is 16.6. The molecule has 24 N–H and O–H groups in total. The number of hydrogen-bond donors (Lipinski definition) is 19. The van der Waals surface area contributed by atoms with Crippen molar-refractivity contribution in [3.63, 3.8) is 0 Å². The van der Waals surface area contributed by atoms with E-state index < -0.39 is 96.2 Å². The van der Waals surface area contributed by atoms with Gasteiger partial charge in [0.15, 0.2) is 48.5 Å². The van der Waals surface area contributed by atoms with Gasteiger partial charge in [0.2, 0.25) is 18.1 Å². The molecule has 0 bridgehead atoms. The summed E-state index contributed by atoms with van der Waals surface area (Å²) in [4.78, 5) is 89.1. The van der Waals surface area contributed by atoms with E-state index in [-0.39, 0.29) is 18.1 Å². The largest absolute Gasteiger partial charge is 0.370 e. The highest BCUT2D eigenvalue weighted by molar-refractivity contribution is 5.99. The second-order valence-corrected chi connectivity index (χ2v) is 12.6. The molecule has 0 spiro atoms. The molecule has 1 aromatic heterocycles. The molecular weight excluding hydrogens is 827 g/mol. The van der Waals surface area contributed by atoms with E-state index in [0.717, 1.165) is 10.5 Å². The first-order valence-corrected chi connectivity index (χ1v) is 18.1.